The van der Waals surface area contributed by atoms with Crippen molar-refractivity contribution in [2.45, 2.75) is 25.9 Å². The minimum atomic E-state index is -0.565. The molecule has 0 atom stereocenters. The number of halogens is 1. The van der Waals surface area contributed by atoms with Crippen LogP contribution in [0.3, 0.4) is 0 Å². The lowest BCUT2D eigenvalue weighted by Crippen LogP contribution is -2.45. The third kappa shape index (κ3) is 5.60. The van der Waals surface area contributed by atoms with Gasteiger partial charge in [0.15, 0.2) is 0 Å². The van der Waals surface area contributed by atoms with Gasteiger partial charge in [-0.2, -0.15) is 5.10 Å². The van der Waals surface area contributed by atoms with Gasteiger partial charge in [-0.25, -0.2) is 0 Å². The highest BCUT2D eigenvalue weighted by Gasteiger charge is 2.14. The second kappa shape index (κ2) is 6.31. The second-order valence-electron chi connectivity index (χ2n) is 4.42. The number of amides is 1. The minimum absolute atomic E-state index is 0. The number of hydrogen-bond acceptors (Lipinski definition) is 5. The van der Waals surface area contributed by atoms with Crippen molar-refractivity contribution in [3.05, 3.63) is 22.5 Å². The monoisotopic (exact) mass is 277 g/mol. The lowest BCUT2D eigenvalue weighted by atomic mass is 10.1. The first kappa shape index (κ1) is 16.3. The van der Waals surface area contributed by atoms with Gasteiger partial charge in [0, 0.05) is 12.1 Å². The summed E-state index contributed by atoms with van der Waals surface area (Å²) >= 11 is 0. The summed E-state index contributed by atoms with van der Waals surface area (Å²) in [6.45, 7) is 3.83. The molecule has 8 nitrogen and oxygen atoms in total. The Hall–Kier alpha value is -1.67. The fourth-order valence-corrected chi connectivity index (χ4v) is 1.06. The average molecular weight is 278 g/mol. The fraction of sp³-hybridized carbons (Fsp3) is 0.556. The van der Waals surface area contributed by atoms with Gasteiger partial charge in [-0.3, -0.25) is 19.6 Å². The van der Waals surface area contributed by atoms with Gasteiger partial charge in [-0.1, -0.05) is 0 Å². The Balaban J connectivity index is 0.00000289. The molecule has 0 unspecified atom stereocenters. The number of nitro groups is 1. The van der Waals surface area contributed by atoms with Crippen LogP contribution in [0.2, 0.25) is 0 Å². The maximum atomic E-state index is 11.4. The molecule has 1 aromatic rings. The van der Waals surface area contributed by atoms with Crippen LogP contribution in [0, 0.1) is 10.1 Å². The molecule has 1 rings (SSSR count). The molecule has 1 aromatic heterocycles. The van der Waals surface area contributed by atoms with Crippen LogP contribution in [0.4, 0.5) is 5.69 Å². The first-order chi connectivity index (χ1) is 7.78. The SMILES string of the molecule is CC(C)(N)CNC(=O)Cn1cc([N+](=O)[O-])cn1.Cl. The molecule has 3 N–H and O–H groups in total. The Kier molecular flexibility index (Phi) is 5.73. The zero-order valence-electron chi connectivity index (χ0n) is 10.1. The largest absolute Gasteiger partial charge is 0.353 e. The van der Waals surface area contributed by atoms with E-state index in [9.17, 15) is 14.9 Å². The third-order valence-electron chi connectivity index (χ3n) is 1.88. The highest BCUT2D eigenvalue weighted by atomic mass is 35.5. The van der Waals surface area contributed by atoms with Crippen molar-refractivity contribution in [2.24, 2.45) is 5.73 Å². The van der Waals surface area contributed by atoms with Crippen molar-refractivity contribution in [1.82, 2.24) is 15.1 Å². The second-order valence-corrected chi connectivity index (χ2v) is 4.42. The molecule has 1 heterocycles. The summed E-state index contributed by atoms with van der Waals surface area (Å²) in [6.07, 6.45) is 2.30. The van der Waals surface area contributed by atoms with Crippen molar-refractivity contribution in [2.75, 3.05) is 6.54 Å². The number of nitrogens with one attached hydrogen (secondary N) is 1. The van der Waals surface area contributed by atoms with Crippen LogP contribution < -0.4 is 11.1 Å². The normalized spacial score (nSPS) is 10.6. The van der Waals surface area contributed by atoms with E-state index in [4.69, 9.17) is 5.73 Å². The highest BCUT2D eigenvalue weighted by Crippen LogP contribution is 2.07. The van der Waals surface area contributed by atoms with Crippen molar-refractivity contribution < 1.29 is 9.72 Å². The zero-order chi connectivity index (χ0) is 13.1. The van der Waals surface area contributed by atoms with Gasteiger partial charge < -0.3 is 11.1 Å². The van der Waals surface area contributed by atoms with E-state index in [2.05, 4.69) is 10.4 Å². The molecule has 0 aliphatic carbocycles. The van der Waals surface area contributed by atoms with Crippen LogP contribution in [0.15, 0.2) is 12.4 Å². The van der Waals surface area contributed by atoms with Crippen LogP contribution in [0.1, 0.15) is 13.8 Å². The molecule has 18 heavy (non-hydrogen) atoms. The summed E-state index contributed by atoms with van der Waals surface area (Å²) < 4.78 is 1.21. The van der Waals surface area contributed by atoms with E-state index in [1.165, 1.54) is 10.9 Å². The van der Waals surface area contributed by atoms with Crippen LogP contribution in [0.5, 0.6) is 0 Å². The van der Waals surface area contributed by atoms with Crippen LogP contribution >= 0.6 is 12.4 Å². The smallest absolute Gasteiger partial charge is 0.307 e. The molecule has 0 bridgehead atoms. The number of hydrogen-bond donors (Lipinski definition) is 2. The standard InChI is InChI=1S/C9H15N5O3.ClH/c1-9(2,10)6-11-8(15)5-13-4-7(3-12-13)14(16)17;/h3-4H,5-6,10H2,1-2H3,(H,11,15);1H. The molecule has 0 spiro atoms. The maximum Gasteiger partial charge on any atom is 0.307 e. The Bertz CT molecular complexity index is 426. The molecular formula is C9H16ClN5O3. The Morgan fingerprint density at radius 3 is 2.72 bits per heavy atom. The molecule has 0 aromatic carbocycles. The van der Waals surface area contributed by atoms with Gasteiger partial charge in [-0.15, -0.1) is 12.4 Å². The number of aromatic nitrogens is 2. The van der Waals surface area contributed by atoms with E-state index in [0.717, 1.165) is 6.20 Å². The molecule has 9 heteroatoms. The van der Waals surface area contributed by atoms with Gasteiger partial charge in [0.25, 0.3) is 0 Å². The summed E-state index contributed by atoms with van der Waals surface area (Å²) in [5.41, 5.74) is 5.06. The van der Waals surface area contributed by atoms with Crippen molar-refractivity contribution in [3.63, 3.8) is 0 Å². The summed E-state index contributed by atoms with van der Waals surface area (Å²) in [6, 6.07) is 0. The lowest BCUT2D eigenvalue weighted by molar-refractivity contribution is -0.385. The Labute approximate surface area is 110 Å². The molecule has 0 aliphatic rings. The Morgan fingerprint density at radius 2 is 2.28 bits per heavy atom. The van der Waals surface area contributed by atoms with E-state index < -0.39 is 10.5 Å². The van der Waals surface area contributed by atoms with E-state index in [1.54, 1.807) is 13.8 Å². The van der Waals surface area contributed by atoms with Gasteiger partial charge in [0.05, 0.1) is 4.92 Å². The van der Waals surface area contributed by atoms with Gasteiger partial charge in [-0.05, 0) is 13.8 Å². The fourth-order valence-electron chi connectivity index (χ4n) is 1.06. The molecule has 0 saturated heterocycles. The number of rotatable bonds is 5. The maximum absolute atomic E-state index is 11.4. The summed E-state index contributed by atoms with van der Waals surface area (Å²) in [4.78, 5) is 21.3. The summed E-state index contributed by atoms with van der Waals surface area (Å²) in [5.74, 6) is -0.290. The topological polar surface area (TPSA) is 116 Å². The van der Waals surface area contributed by atoms with Crippen LogP contribution in [-0.2, 0) is 11.3 Å². The van der Waals surface area contributed by atoms with Crippen molar-refractivity contribution in [1.29, 1.82) is 0 Å². The predicted octanol–water partition coefficient (Wildman–Crippen LogP) is 0.0666. The first-order valence-electron chi connectivity index (χ1n) is 5.00. The van der Waals surface area contributed by atoms with E-state index >= 15 is 0 Å². The quantitative estimate of drug-likeness (QED) is 0.583. The summed E-state index contributed by atoms with van der Waals surface area (Å²) in [7, 11) is 0. The van der Waals surface area contributed by atoms with E-state index in [-0.39, 0.29) is 30.5 Å². The Morgan fingerprint density at radius 1 is 1.67 bits per heavy atom. The molecule has 0 fully saturated rings. The van der Waals surface area contributed by atoms with Crippen molar-refractivity contribution in [3.8, 4) is 0 Å². The van der Waals surface area contributed by atoms with Gasteiger partial charge >= 0.3 is 5.69 Å². The van der Waals surface area contributed by atoms with Crippen LogP contribution in [-0.4, -0.2) is 32.7 Å². The number of carbonyl (C=O) groups is 1. The van der Waals surface area contributed by atoms with Crippen molar-refractivity contribution >= 4 is 24.0 Å². The van der Waals surface area contributed by atoms with Gasteiger partial charge in [0.2, 0.25) is 5.91 Å². The number of nitrogens with two attached hydrogens (primary N) is 1. The summed E-state index contributed by atoms with van der Waals surface area (Å²) in [5, 5.41) is 16.7. The predicted molar refractivity (Wildman–Crippen MR) is 67.4 cm³/mol. The molecular weight excluding hydrogens is 262 g/mol. The molecule has 102 valence electrons. The van der Waals surface area contributed by atoms with E-state index in [1.807, 2.05) is 0 Å². The average Bonchev–Trinajstić information content (AvgIpc) is 2.62. The highest BCUT2D eigenvalue weighted by molar-refractivity contribution is 5.85. The molecule has 0 aliphatic heterocycles. The molecule has 1 amide bonds. The molecule has 0 radical (unpaired) electrons. The minimum Gasteiger partial charge on any atom is -0.353 e. The first-order valence-corrected chi connectivity index (χ1v) is 5.00. The molecule has 0 saturated carbocycles. The third-order valence-corrected chi connectivity index (χ3v) is 1.88. The zero-order valence-corrected chi connectivity index (χ0v) is 10.9. The number of nitrogens with zero attached hydrogens (tertiary/aromatic N) is 3. The number of carbonyl (C=O) groups excluding carboxylic acids is 1. The van der Waals surface area contributed by atoms with Gasteiger partial charge in [0.1, 0.15) is 18.9 Å². The van der Waals surface area contributed by atoms with E-state index in [0.29, 0.717) is 6.54 Å². The lowest BCUT2D eigenvalue weighted by Gasteiger charge is -2.18. The van der Waals surface area contributed by atoms with Crippen LogP contribution in [0.25, 0.3) is 0 Å².